The number of nitrogens with one attached hydrogen (secondary N) is 1. The van der Waals surface area contributed by atoms with Crippen LogP contribution in [-0.2, 0) is 12.0 Å². The molecular formula is C15H25N3S. The molecule has 1 aliphatic carbocycles. The van der Waals surface area contributed by atoms with Gasteiger partial charge in [-0.3, -0.25) is 4.90 Å². The number of nitrogens with zero attached hydrogens (tertiary/aromatic N) is 2. The van der Waals surface area contributed by atoms with Crippen LogP contribution in [0.3, 0.4) is 0 Å². The van der Waals surface area contributed by atoms with Gasteiger partial charge in [-0.15, -0.1) is 11.3 Å². The second-order valence-electron chi connectivity index (χ2n) is 5.94. The van der Waals surface area contributed by atoms with Crippen LogP contribution in [-0.4, -0.2) is 35.6 Å². The van der Waals surface area contributed by atoms with E-state index in [1.807, 2.05) is 11.3 Å². The molecule has 0 spiro atoms. The van der Waals surface area contributed by atoms with Gasteiger partial charge in [0.05, 0.1) is 11.2 Å². The van der Waals surface area contributed by atoms with Crippen LogP contribution in [0.25, 0.3) is 0 Å². The van der Waals surface area contributed by atoms with Crippen LogP contribution < -0.4 is 5.32 Å². The van der Waals surface area contributed by atoms with Crippen molar-refractivity contribution < 1.29 is 0 Å². The molecule has 4 heteroatoms. The summed E-state index contributed by atoms with van der Waals surface area (Å²) < 4.78 is 0. The van der Waals surface area contributed by atoms with Crippen LogP contribution in [0, 0.1) is 6.92 Å². The Balaban J connectivity index is 1.86. The average molecular weight is 279 g/mol. The molecule has 0 aromatic carbocycles. The second kappa shape index (κ2) is 5.15. The zero-order chi connectivity index (χ0) is 13.5. The van der Waals surface area contributed by atoms with Crippen LogP contribution in [0.15, 0.2) is 0 Å². The first-order valence-electron chi connectivity index (χ1n) is 7.64. The third-order valence-corrected chi connectivity index (χ3v) is 5.73. The first-order chi connectivity index (χ1) is 9.18. The van der Waals surface area contributed by atoms with E-state index in [2.05, 4.69) is 31.0 Å². The summed E-state index contributed by atoms with van der Waals surface area (Å²) in [6, 6.07) is 0.868. The van der Waals surface area contributed by atoms with Gasteiger partial charge in [0.1, 0.15) is 5.01 Å². The fourth-order valence-electron chi connectivity index (χ4n) is 3.28. The molecule has 1 saturated carbocycles. The predicted molar refractivity (Wildman–Crippen MR) is 80.8 cm³/mol. The van der Waals surface area contributed by atoms with E-state index in [-0.39, 0.29) is 5.54 Å². The average Bonchev–Trinajstić information content (AvgIpc) is 3.05. The zero-order valence-electron chi connectivity index (χ0n) is 12.3. The van der Waals surface area contributed by atoms with Gasteiger partial charge in [0, 0.05) is 24.0 Å². The molecule has 0 bridgehead atoms. The van der Waals surface area contributed by atoms with Gasteiger partial charge in [-0.25, -0.2) is 4.98 Å². The van der Waals surface area contributed by atoms with E-state index in [9.17, 15) is 0 Å². The van der Waals surface area contributed by atoms with Crippen LogP contribution in [0.1, 0.15) is 48.7 Å². The van der Waals surface area contributed by atoms with Crippen LogP contribution in [0.2, 0.25) is 0 Å². The number of rotatable bonds is 5. The summed E-state index contributed by atoms with van der Waals surface area (Å²) in [5, 5.41) is 5.08. The molecule has 2 fully saturated rings. The highest BCUT2D eigenvalue weighted by Crippen LogP contribution is 2.40. The fourth-order valence-corrected chi connectivity index (χ4v) is 4.47. The molecule has 3 rings (SSSR count). The highest BCUT2D eigenvalue weighted by Gasteiger charge is 2.45. The second-order valence-corrected chi connectivity index (χ2v) is 7.14. The van der Waals surface area contributed by atoms with Crippen molar-refractivity contribution in [2.75, 3.05) is 19.6 Å². The zero-order valence-corrected chi connectivity index (χ0v) is 13.1. The van der Waals surface area contributed by atoms with Crippen molar-refractivity contribution in [2.24, 2.45) is 0 Å². The van der Waals surface area contributed by atoms with Gasteiger partial charge in [-0.2, -0.15) is 0 Å². The van der Waals surface area contributed by atoms with Crippen molar-refractivity contribution >= 4 is 11.3 Å². The number of hydrogen-bond donors (Lipinski definition) is 1. The molecule has 1 N–H and O–H groups in total. The lowest BCUT2D eigenvalue weighted by molar-refractivity contribution is 0.276. The molecule has 2 aliphatic rings. The highest BCUT2D eigenvalue weighted by atomic mass is 32.1. The molecule has 0 radical (unpaired) electrons. The van der Waals surface area contributed by atoms with Gasteiger partial charge in [0.25, 0.3) is 0 Å². The van der Waals surface area contributed by atoms with Crippen molar-refractivity contribution in [3.8, 4) is 0 Å². The van der Waals surface area contributed by atoms with Crippen LogP contribution in [0.4, 0.5) is 0 Å². The summed E-state index contributed by atoms with van der Waals surface area (Å²) in [5.74, 6) is 0. The first-order valence-corrected chi connectivity index (χ1v) is 8.46. The van der Waals surface area contributed by atoms with Gasteiger partial charge in [-0.1, -0.05) is 13.8 Å². The standard InChI is InChI=1S/C15H25N3S/c1-4-13-11(3)19-14(17-13)15(16-5-2)8-9-18(10-15)12-6-7-12/h12,16H,4-10H2,1-3H3. The number of aryl methyl sites for hydroxylation is 2. The molecule has 19 heavy (non-hydrogen) atoms. The normalized spacial score (nSPS) is 28.2. The Morgan fingerprint density at radius 1 is 1.42 bits per heavy atom. The van der Waals surface area contributed by atoms with E-state index < -0.39 is 0 Å². The smallest absolute Gasteiger partial charge is 0.115 e. The summed E-state index contributed by atoms with van der Waals surface area (Å²) in [6.07, 6.45) is 5.07. The van der Waals surface area contributed by atoms with Crippen molar-refractivity contribution in [1.82, 2.24) is 15.2 Å². The topological polar surface area (TPSA) is 28.2 Å². The molecule has 1 unspecified atom stereocenters. The van der Waals surface area contributed by atoms with Gasteiger partial charge in [0.15, 0.2) is 0 Å². The van der Waals surface area contributed by atoms with Gasteiger partial charge in [0.2, 0.25) is 0 Å². The maximum Gasteiger partial charge on any atom is 0.115 e. The number of likely N-dealkylation sites (N-methyl/N-ethyl adjacent to an activating group) is 1. The number of aromatic nitrogens is 1. The lowest BCUT2D eigenvalue weighted by Gasteiger charge is -2.28. The third-order valence-electron chi connectivity index (χ3n) is 4.51. The fraction of sp³-hybridized carbons (Fsp3) is 0.800. The molecule has 2 heterocycles. The summed E-state index contributed by atoms with van der Waals surface area (Å²) >= 11 is 1.91. The van der Waals surface area contributed by atoms with E-state index in [1.54, 1.807) is 0 Å². The molecule has 3 nitrogen and oxygen atoms in total. The number of thiazole rings is 1. The lowest BCUT2D eigenvalue weighted by Crippen LogP contribution is -2.45. The SMILES string of the molecule is CCNC1(c2nc(CC)c(C)s2)CCN(C2CC2)C1. The minimum Gasteiger partial charge on any atom is -0.305 e. The summed E-state index contributed by atoms with van der Waals surface area (Å²) in [4.78, 5) is 9.02. The molecule has 106 valence electrons. The molecule has 1 atom stereocenters. The summed E-state index contributed by atoms with van der Waals surface area (Å²) in [6.45, 7) is 10.0. The van der Waals surface area contributed by atoms with E-state index in [0.29, 0.717) is 0 Å². The first kappa shape index (κ1) is 13.5. The van der Waals surface area contributed by atoms with Crippen LogP contribution >= 0.6 is 11.3 Å². The summed E-state index contributed by atoms with van der Waals surface area (Å²) in [7, 11) is 0. The predicted octanol–water partition coefficient (Wildman–Crippen LogP) is 2.69. The Kier molecular flexibility index (Phi) is 3.67. The molecular weight excluding hydrogens is 254 g/mol. The molecule has 1 aromatic heterocycles. The largest absolute Gasteiger partial charge is 0.305 e. The molecule has 1 aliphatic heterocycles. The maximum absolute atomic E-state index is 4.94. The van der Waals surface area contributed by atoms with E-state index in [0.717, 1.165) is 25.6 Å². The molecule has 0 amide bonds. The monoisotopic (exact) mass is 279 g/mol. The molecule has 1 saturated heterocycles. The van der Waals surface area contributed by atoms with Gasteiger partial charge >= 0.3 is 0 Å². The third kappa shape index (κ3) is 2.46. The lowest BCUT2D eigenvalue weighted by atomic mass is 9.99. The van der Waals surface area contributed by atoms with E-state index >= 15 is 0 Å². The van der Waals surface area contributed by atoms with Crippen molar-refractivity contribution in [3.63, 3.8) is 0 Å². The van der Waals surface area contributed by atoms with Crippen molar-refractivity contribution in [1.29, 1.82) is 0 Å². The van der Waals surface area contributed by atoms with Gasteiger partial charge < -0.3 is 5.32 Å². The Labute approximate surface area is 120 Å². The Bertz CT molecular complexity index is 452. The minimum atomic E-state index is 0.125. The van der Waals surface area contributed by atoms with Crippen molar-refractivity contribution in [3.05, 3.63) is 15.6 Å². The Hall–Kier alpha value is -0.450. The minimum absolute atomic E-state index is 0.125. The Morgan fingerprint density at radius 2 is 2.21 bits per heavy atom. The highest BCUT2D eigenvalue weighted by molar-refractivity contribution is 7.11. The number of likely N-dealkylation sites (tertiary alicyclic amines) is 1. The Morgan fingerprint density at radius 3 is 2.79 bits per heavy atom. The summed E-state index contributed by atoms with van der Waals surface area (Å²) in [5.41, 5.74) is 1.42. The van der Waals surface area contributed by atoms with Crippen LogP contribution in [0.5, 0.6) is 0 Å². The number of hydrogen-bond acceptors (Lipinski definition) is 4. The van der Waals surface area contributed by atoms with E-state index in [4.69, 9.17) is 4.98 Å². The van der Waals surface area contributed by atoms with E-state index in [1.165, 1.54) is 41.4 Å². The molecule has 1 aromatic rings. The quantitative estimate of drug-likeness (QED) is 0.898. The maximum atomic E-state index is 4.94. The van der Waals surface area contributed by atoms with Crippen molar-refractivity contribution in [2.45, 2.75) is 58.0 Å². The van der Waals surface area contributed by atoms with Gasteiger partial charge in [-0.05, 0) is 39.2 Å².